The molecule has 3 heteroatoms. The molecule has 0 saturated carbocycles. The van der Waals surface area contributed by atoms with E-state index in [0.29, 0.717) is 0 Å². The summed E-state index contributed by atoms with van der Waals surface area (Å²) in [5.41, 5.74) is 3.18. The van der Waals surface area contributed by atoms with Crippen molar-refractivity contribution in [3.05, 3.63) is 69.9 Å². The molecule has 0 fully saturated rings. The molecule has 0 radical (unpaired) electrons. The summed E-state index contributed by atoms with van der Waals surface area (Å²) in [6, 6.07) is 18.5. The second-order valence-electron chi connectivity index (χ2n) is 5.33. The van der Waals surface area contributed by atoms with Crippen LogP contribution in [-0.2, 0) is 0 Å². The van der Waals surface area contributed by atoms with Crippen LogP contribution in [0.2, 0.25) is 0 Å². The Bertz CT molecular complexity index is 935. The van der Waals surface area contributed by atoms with Crippen LogP contribution in [0.4, 0.5) is 0 Å². The first kappa shape index (κ1) is 12.6. The highest BCUT2D eigenvalue weighted by Crippen LogP contribution is 2.32. The number of aromatic nitrogens is 1. The van der Waals surface area contributed by atoms with Gasteiger partial charge >= 0.3 is 0 Å². The van der Waals surface area contributed by atoms with E-state index in [1.807, 2.05) is 36.4 Å². The van der Waals surface area contributed by atoms with Gasteiger partial charge in [0.25, 0.3) is 0 Å². The quantitative estimate of drug-likeness (QED) is 0.548. The summed E-state index contributed by atoms with van der Waals surface area (Å²) < 4.78 is 0. The molecule has 0 aliphatic carbocycles. The van der Waals surface area contributed by atoms with Crippen molar-refractivity contribution >= 4 is 33.1 Å². The molecule has 1 unspecified atom stereocenters. The van der Waals surface area contributed by atoms with Crippen LogP contribution in [0.15, 0.2) is 54.6 Å². The van der Waals surface area contributed by atoms with E-state index in [9.17, 15) is 5.11 Å². The van der Waals surface area contributed by atoms with Crippen molar-refractivity contribution in [2.75, 3.05) is 0 Å². The largest absolute Gasteiger partial charge is 0.383 e. The first-order chi connectivity index (χ1) is 10.2. The fourth-order valence-corrected chi connectivity index (χ4v) is 3.69. The second kappa shape index (κ2) is 4.72. The topological polar surface area (TPSA) is 36.0 Å². The predicted molar refractivity (Wildman–Crippen MR) is 88.9 cm³/mol. The van der Waals surface area contributed by atoms with Crippen LogP contribution in [0.3, 0.4) is 0 Å². The Morgan fingerprint density at radius 2 is 1.76 bits per heavy atom. The summed E-state index contributed by atoms with van der Waals surface area (Å²) in [4.78, 5) is 5.62. The average molecular weight is 293 g/mol. The van der Waals surface area contributed by atoms with Gasteiger partial charge in [-0.1, -0.05) is 24.3 Å². The number of thiophene rings is 1. The van der Waals surface area contributed by atoms with Crippen molar-refractivity contribution in [2.45, 2.75) is 13.0 Å². The van der Waals surface area contributed by atoms with Crippen molar-refractivity contribution in [2.24, 2.45) is 0 Å². The standard InChI is InChI=1S/C18H15NOS/c1-11-6-9-17(21-11)18(20)12-7-8-16-14(10-12)13-4-2-3-5-15(13)19-16/h2-10,18-20H,1H3. The summed E-state index contributed by atoms with van der Waals surface area (Å²) in [6.07, 6.45) is -0.554. The minimum atomic E-state index is -0.554. The number of fused-ring (bicyclic) bond motifs is 3. The molecule has 2 nitrogen and oxygen atoms in total. The summed E-state index contributed by atoms with van der Waals surface area (Å²) >= 11 is 1.64. The zero-order valence-electron chi connectivity index (χ0n) is 11.6. The number of aromatic amines is 1. The third-order valence-corrected chi connectivity index (χ3v) is 4.93. The summed E-state index contributed by atoms with van der Waals surface area (Å²) in [5, 5.41) is 12.9. The van der Waals surface area contributed by atoms with Gasteiger partial charge in [-0.05, 0) is 42.8 Å². The van der Waals surface area contributed by atoms with Crippen LogP contribution in [0.1, 0.15) is 21.4 Å². The molecule has 2 aromatic carbocycles. The van der Waals surface area contributed by atoms with Gasteiger partial charge in [0.1, 0.15) is 6.10 Å². The maximum Gasteiger partial charge on any atom is 0.113 e. The molecule has 21 heavy (non-hydrogen) atoms. The van der Waals surface area contributed by atoms with Crippen molar-refractivity contribution in [3.63, 3.8) is 0 Å². The second-order valence-corrected chi connectivity index (χ2v) is 6.65. The molecule has 0 aliphatic heterocycles. The predicted octanol–water partition coefficient (Wildman–Crippen LogP) is 4.77. The highest BCUT2D eigenvalue weighted by Gasteiger charge is 2.14. The molecule has 2 heterocycles. The Kier molecular flexibility index (Phi) is 2.84. The molecule has 4 rings (SSSR count). The highest BCUT2D eigenvalue weighted by atomic mass is 32.1. The van der Waals surface area contributed by atoms with Crippen LogP contribution < -0.4 is 0 Å². The number of aliphatic hydroxyl groups is 1. The third-order valence-electron chi connectivity index (χ3n) is 3.88. The lowest BCUT2D eigenvalue weighted by molar-refractivity contribution is 0.224. The number of benzene rings is 2. The number of hydrogen-bond donors (Lipinski definition) is 2. The van der Waals surface area contributed by atoms with Crippen molar-refractivity contribution in [3.8, 4) is 0 Å². The van der Waals surface area contributed by atoms with E-state index in [4.69, 9.17) is 0 Å². The Labute approximate surface area is 126 Å². The number of para-hydroxylation sites is 1. The van der Waals surface area contributed by atoms with E-state index in [-0.39, 0.29) is 0 Å². The lowest BCUT2D eigenvalue weighted by Crippen LogP contribution is -1.96. The number of H-pyrrole nitrogens is 1. The van der Waals surface area contributed by atoms with Gasteiger partial charge in [0, 0.05) is 31.6 Å². The Morgan fingerprint density at radius 1 is 0.952 bits per heavy atom. The fourth-order valence-electron chi connectivity index (χ4n) is 2.80. The van der Waals surface area contributed by atoms with Crippen molar-refractivity contribution in [1.82, 2.24) is 4.98 Å². The van der Waals surface area contributed by atoms with Crippen molar-refractivity contribution < 1.29 is 5.11 Å². The third kappa shape index (κ3) is 2.06. The van der Waals surface area contributed by atoms with Gasteiger partial charge in [-0.25, -0.2) is 0 Å². The summed E-state index contributed by atoms with van der Waals surface area (Å²) in [7, 11) is 0. The fraction of sp³-hybridized carbons (Fsp3) is 0.111. The maximum atomic E-state index is 10.6. The minimum Gasteiger partial charge on any atom is -0.383 e. The molecule has 0 saturated heterocycles. The Morgan fingerprint density at radius 3 is 2.57 bits per heavy atom. The molecular formula is C18H15NOS. The van der Waals surface area contributed by atoms with E-state index >= 15 is 0 Å². The van der Waals surface area contributed by atoms with Crippen LogP contribution in [-0.4, -0.2) is 10.1 Å². The zero-order chi connectivity index (χ0) is 14.4. The van der Waals surface area contributed by atoms with Crippen LogP contribution >= 0.6 is 11.3 Å². The molecule has 0 spiro atoms. The van der Waals surface area contributed by atoms with E-state index in [2.05, 4.69) is 30.1 Å². The summed E-state index contributed by atoms with van der Waals surface area (Å²) in [5.74, 6) is 0. The van der Waals surface area contributed by atoms with Gasteiger partial charge in [-0.15, -0.1) is 11.3 Å². The van der Waals surface area contributed by atoms with Gasteiger partial charge in [-0.3, -0.25) is 0 Å². The van der Waals surface area contributed by atoms with Gasteiger partial charge in [0.2, 0.25) is 0 Å². The lowest BCUT2D eigenvalue weighted by atomic mass is 10.0. The van der Waals surface area contributed by atoms with Gasteiger partial charge in [-0.2, -0.15) is 0 Å². The van der Waals surface area contributed by atoms with Crippen molar-refractivity contribution in [1.29, 1.82) is 0 Å². The first-order valence-corrected chi connectivity index (χ1v) is 7.79. The normalized spacial score (nSPS) is 13.0. The summed E-state index contributed by atoms with van der Waals surface area (Å²) in [6.45, 7) is 2.06. The number of aliphatic hydroxyl groups excluding tert-OH is 1. The van der Waals surface area contributed by atoms with Crippen LogP contribution in [0, 0.1) is 6.92 Å². The van der Waals surface area contributed by atoms with Crippen LogP contribution in [0.25, 0.3) is 21.8 Å². The smallest absolute Gasteiger partial charge is 0.113 e. The highest BCUT2D eigenvalue weighted by molar-refractivity contribution is 7.12. The average Bonchev–Trinajstić information content (AvgIpc) is 3.09. The molecule has 0 bridgehead atoms. The number of nitrogens with one attached hydrogen (secondary N) is 1. The molecule has 2 N–H and O–H groups in total. The van der Waals surface area contributed by atoms with E-state index < -0.39 is 6.10 Å². The molecule has 2 aromatic heterocycles. The Balaban J connectivity index is 1.88. The molecule has 104 valence electrons. The van der Waals surface area contributed by atoms with Gasteiger partial charge in [0.05, 0.1) is 0 Å². The molecule has 0 aliphatic rings. The van der Waals surface area contributed by atoms with Gasteiger partial charge in [0.15, 0.2) is 0 Å². The molecule has 1 atom stereocenters. The monoisotopic (exact) mass is 293 g/mol. The number of rotatable bonds is 2. The van der Waals surface area contributed by atoms with E-state index in [1.165, 1.54) is 10.3 Å². The minimum absolute atomic E-state index is 0.554. The van der Waals surface area contributed by atoms with E-state index in [0.717, 1.165) is 26.9 Å². The maximum absolute atomic E-state index is 10.6. The lowest BCUT2D eigenvalue weighted by Gasteiger charge is -2.09. The van der Waals surface area contributed by atoms with Crippen LogP contribution in [0.5, 0.6) is 0 Å². The van der Waals surface area contributed by atoms with Gasteiger partial charge < -0.3 is 10.1 Å². The first-order valence-electron chi connectivity index (χ1n) is 6.97. The molecular weight excluding hydrogens is 278 g/mol. The van der Waals surface area contributed by atoms with E-state index in [1.54, 1.807) is 11.3 Å². The SMILES string of the molecule is Cc1ccc(C(O)c2ccc3[nH]c4ccccc4c3c2)s1. The zero-order valence-corrected chi connectivity index (χ0v) is 12.4. The molecule has 4 aromatic rings. The number of hydrogen-bond acceptors (Lipinski definition) is 2. The number of aryl methyl sites for hydroxylation is 1. The molecule has 0 amide bonds. The Hall–Kier alpha value is -2.10.